The SMILES string of the molecule is C=C1/C(=C/C2C=CC=C2)C2CCC1(C)C2(C)C. The molecule has 2 saturated carbocycles. The highest BCUT2D eigenvalue weighted by molar-refractivity contribution is 5.49. The van der Waals surface area contributed by atoms with Crippen LogP contribution in [-0.4, -0.2) is 0 Å². The molecule has 0 nitrogen and oxygen atoms in total. The molecule has 0 aromatic carbocycles. The second-order valence-corrected chi connectivity index (χ2v) is 6.59. The fourth-order valence-electron chi connectivity index (χ4n) is 4.10. The monoisotopic (exact) mass is 226 g/mol. The first-order valence-corrected chi connectivity index (χ1v) is 6.73. The number of allylic oxidation sites excluding steroid dienone is 7. The fraction of sp³-hybridized carbons (Fsp3) is 0.529. The maximum atomic E-state index is 4.41. The standard InChI is InChI=1S/C17H22/c1-12-14(11-13-7-5-6-8-13)15-9-10-17(12,4)16(15,2)3/h5-8,11,13,15H,1,9-10H2,2-4H3/b14-11-. The zero-order valence-electron chi connectivity index (χ0n) is 11.2. The van der Waals surface area contributed by atoms with Crippen molar-refractivity contribution in [3.05, 3.63) is 48.1 Å². The van der Waals surface area contributed by atoms with Crippen LogP contribution in [-0.2, 0) is 0 Å². The van der Waals surface area contributed by atoms with Gasteiger partial charge in [-0.05, 0) is 40.7 Å². The molecule has 0 aliphatic heterocycles. The van der Waals surface area contributed by atoms with Crippen molar-refractivity contribution in [2.24, 2.45) is 22.7 Å². The van der Waals surface area contributed by atoms with Gasteiger partial charge in [0.05, 0.1) is 0 Å². The molecule has 0 spiro atoms. The van der Waals surface area contributed by atoms with Gasteiger partial charge in [-0.2, -0.15) is 0 Å². The summed E-state index contributed by atoms with van der Waals surface area (Å²) in [7, 11) is 0. The van der Waals surface area contributed by atoms with Gasteiger partial charge in [0.25, 0.3) is 0 Å². The average Bonchev–Trinajstić information content (AvgIpc) is 2.87. The van der Waals surface area contributed by atoms with Crippen molar-refractivity contribution in [3.8, 4) is 0 Å². The molecule has 3 rings (SSSR count). The van der Waals surface area contributed by atoms with E-state index < -0.39 is 0 Å². The Kier molecular flexibility index (Phi) is 2.12. The Balaban J connectivity index is 2.02. The molecule has 2 atom stereocenters. The molecular weight excluding hydrogens is 204 g/mol. The van der Waals surface area contributed by atoms with E-state index in [0.717, 1.165) is 5.92 Å². The van der Waals surface area contributed by atoms with Gasteiger partial charge >= 0.3 is 0 Å². The van der Waals surface area contributed by atoms with E-state index in [1.807, 2.05) is 0 Å². The predicted octanol–water partition coefficient (Wildman–Crippen LogP) is 4.67. The Morgan fingerprint density at radius 1 is 1.24 bits per heavy atom. The molecule has 0 saturated heterocycles. The Hall–Kier alpha value is -1.04. The quantitative estimate of drug-likeness (QED) is 0.609. The van der Waals surface area contributed by atoms with Crippen LogP contribution in [0.3, 0.4) is 0 Å². The van der Waals surface area contributed by atoms with Gasteiger partial charge in [0.2, 0.25) is 0 Å². The zero-order valence-corrected chi connectivity index (χ0v) is 11.2. The Bertz CT molecular complexity index is 446. The third-order valence-corrected chi connectivity index (χ3v) is 5.77. The summed E-state index contributed by atoms with van der Waals surface area (Å²) >= 11 is 0. The van der Waals surface area contributed by atoms with E-state index in [4.69, 9.17) is 0 Å². The van der Waals surface area contributed by atoms with Gasteiger partial charge in [0.1, 0.15) is 0 Å². The lowest BCUT2D eigenvalue weighted by Crippen LogP contribution is -2.27. The summed E-state index contributed by atoms with van der Waals surface area (Å²) in [5.41, 5.74) is 3.68. The molecule has 2 unspecified atom stereocenters. The lowest BCUT2D eigenvalue weighted by Gasteiger charge is -2.34. The minimum absolute atomic E-state index is 0.329. The minimum atomic E-state index is 0.329. The molecule has 0 radical (unpaired) electrons. The van der Waals surface area contributed by atoms with E-state index in [0.29, 0.717) is 16.7 Å². The Morgan fingerprint density at radius 3 is 2.41 bits per heavy atom. The van der Waals surface area contributed by atoms with Crippen LogP contribution in [0.2, 0.25) is 0 Å². The lowest BCUT2D eigenvalue weighted by atomic mass is 9.69. The lowest BCUT2D eigenvalue weighted by molar-refractivity contribution is 0.183. The summed E-state index contributed by atoms with van der Waals surface area (Å²) in [5.74, 6) is 1.22. The van der Waals surface area contributed by atoms with Crippen molar-refractivity contribution >= 4 is 0 Å². The van der Waals surface area contributed by atoms with Gasteiger partial charge in [-0.25, -0.2) is 0 Å². The molecule has 17 heavy (non-hydrogen) atoms. The minimum Gasteiger partial charge on any atom is -0.0950 e. The summed E-state index contributed by atoms with van der Waals surface area (Å²) < 4.78 is 0. The van der Waals surface area contributed by atoms with Crippen LogP contribution in [0, 0.1) is 22.7 Å². The van der Waals surface area contributed by atoms with Crippen LogP contribution < -0.4 is 0 Å². The topological polar surface area (TPSA) is 0 Å². The molecular formula is C17H22. The largest absolute Gasteiger partial charge is 0.0950 e. The predicted molar refractivity (Wildman–Crippen MR) is 73.6 cm³/mol. The second kappa shape index (κ2) is 3.25. The molecule has 0 heterocycles. The molecule has 3 aliphatic carbocycles. The Morgan fingerprint density at radius 2 is 1.88 bits per heavy atom. The van der Waals surface area contributed by atoms with Gasteiger partial charge in [-0.15, -0.1) is 0 Å². The summed E-state index contributed by atoms with van der Waals surface area (Å²) in [6.45, 7) is 11.7. The molecule has 0 heteroatoms. The van der Waals surface area contributed by atoms with Crippen LogP contribution in [0.1, 0.15) is 33.6 Å². The third kappa shape index (κ3) is 1.24. The van der Waals surface area contributed by atoms with Crippen LogP contribution >= 0.6 is 0 Å². The summed E-state index contributed by atoms with van der Waals surface area (Å²) in [5, 5.41) is 0. The van der Waals surface area contributed by atoms with Crippen molar-refractivity contribution < 1.29 is 0 Å². The van der Waals surface area contributed by atoms with Crippen LogP contribution in [0.25, 0.3) is 0 Å². The zero-order chi connectivity index (χ0) is 12.3. The van der Waals surface area contributed by atoms with E-state index in [1.165, 1.54) is 18.4 Å². The van der Waals surface area contributed by atoms with Crippen molar-refractivity contribution in [2.45, 2.75) is 33.6 Å². The normalized spacial score (nSPS) is 41.0. The van der Waals surface area contributed by atoms with Crippen molar-refractivity contribution in [1.82, 2.24) is 0 Å². The number of fused-ring (bicyclic) bond motifs is 2. The van der Waals surface area contributed by atoms with Gasteiger partial charge in [-0.1, -0.05) is 57.7 Å². The summed E-state index contributed by atoms with van der Waals surface area (Å²) in [6, 6.07) is 0. The van der Waals surface area contributed by atoms with Crippen molar-refractivity contribution in [3.63, 3.8) is 0 Å². The fourth-order valence-corrected chi connectivity index (χ4v) is 4.10. The van der Waals surface area contributed by atoms with E-state index in [1.54, 1.807) is 5.57 Å². The molecule has 0 aromatic rings. The highest BCUT2D eigenvalue weighted by Crippen LogP contribution is 2.69. The van der Waals surface area contributed by atoms with Crippen molar-refractivity contribution in [1.29, 1.82) is 0 Å². The summed E-state index contributed by atoms with van der Waals surface area (Å²) in [4.78, 5) is 0. The Labute approximate surface area is 105 Å². The van der Waals surface area contributed by atoms with Gasteiger partial charge < -0.3 is 0 Å². The second-order valence-electron chi connectivity index (χ2n) is 6.59. The number of hydrogen-bond donors (Lipinski definition) is 0. The van der Waals surface area contributed by atoms with E-state index in [9.17, 15) is 0 Å². The first-order valence-electron chi connectivity index (χ1n) is 6.73. The molecule has 0 aromatic heterocycles. The molecule has 0 amide bonds. The number of hydrogen-bond acceptors (Lipinski definition) is 0. The highest BCUT2D eigenvalue weighted by atomic mass is 14.6. The summed E-state index contributed by atoms with van der Waals surface area (Å²) in [6.07, 6.45) is 13.9. The molecule has 90 valence electrons. The maximum Gasteiger partial charge on any atom is 0.0139 e. The van der Waals surface area contributed by atoms with E-state index >= 15 is 0 Å². The number of rotatable bonds is 1. The van der Waals surface area contributed by atoms with E-state index in [-0.39, 0.29) is 0 Å². The first-order chi connectivity index (χ1) is 7.97. The van der Waals surface area contributed by atoms with Crippen LogP contribution in [0.4, 0.5) is 0 Å². The molecule has 3 aliphatic rings. The van der Waals surface area contributed by atoms with Crippen LogP contribution in [0.15, 0.2) is 48.1 Å². The van der Waals surface area contributed by atoms with Crippen LogP contribution in [0.5, 0.6) is 0 Å². The van der Waals surface area contributed by atoms with Gasteiger partial charge in [0, 0.05) is 5.92 Å². The molecule has 2 fully saturated rings. The third-order valence-electron chi connectivity index (χ3n) is 5.77. The van der Waals surface area contributed by atoms with Gasteiger partial charge in [-0.3, -0.25) is 0 Å². The van der Waals surface area contributed by atoms with E-state index in [2.05, 4.69) is 57.7 Å². The molecule has 0 N–H and O–H groups in total. The highest BCUT2D eigenvalue weighted by Gasteiger charge is 2.60. The average molecular weight is 226 g/mol. The first kappa shape index (κ1) is 11.1. The maximum absolute atomic E-state index is 4.41. The smallest absolute Gasteiger partial charge is 0.0139 e. The van der Waals surface area contributed by atoms with Gasteiger partial charge in [0.15, 0.2) is 0 Å². The molecule has 2 bridgehead atoms. The van der Waals surface area contributed by atoms with Crippen molar-refractivity contribution in [2.75, 3.05) is 0 Å².